The van der Waals surface area contributed by atoms with Crippen molar-refractivity contribution in [2.75, 3.05) is 0 Å². The molecular formula is C15H10Cl2N2O2S. The first-order valence-corrected chi connectivity index (χ1v) is 7.53. The Morgan fingerprint density at radius 2 is 2.14 bits per heavy atom. The summed E-state index contributed by atoms with van der Waals surface area (Å²) >= 11 is 17.2. The average Bonchev–Trinajstić information content (AvgIpc) is 3.06. The van der Waals surface area contributed by atoms with Crippen LogP contribution in [0, 0.1) is 0 Å². The van der Waals surface area contributed by atoms with Gasteiger partial charge in [-0.2, -0.15) is 0 Å². The van der Waals surface area contributed by atoms with E-state index in [-0.39, 0.29) is 12.5 Å². The van der Waals surface area contributed by atoms with Crippen molar-refractivity contribution in [1.82, 2.24) is 10.2 Å². The number of benzene rings is 1. The van der Waals surface area contributed by atoms with Crippen LogP contribution in [0.1, 0.15) is 11.3 Å². The zero-order valence-electron chi connectivity index (χ0n) is 11.2. The second-order valence-corrected chi connectivity index (χ2v) is 5.85. The van der Waals surface area contributed by atoms with Crippen LogP contribution in [0.2, 0.25) is 10.0 Å². The number of halogens is 2. The minimum atomic E-state index is -0.229. The molecule has 0 unspecified atom stereocenters. The molecule has 1 N–H and O–H groups in total. The molecule has 0 bridgehead atoms. The molecule has 112 valence electrons. The van der Waals surface area contributed by atoms with E-state index in [9.17, 15) is 4.79 Å². The lowest BCUT2D eigenvalue weighted by Crippen LogP contribution is -2.29. The van der Waals surface area contributed by atoms with Crippen LogP contribution in [-0.4, -0.2) is 15.9 Å². The van der Waals surface area contributed by atoms with Gasteiger partial charge in [0.05, 0.1) is 12.8 Å². The van der Waals surface area contributed by atoms with E-state index >= 15 is 0 Å². The van der Waals surface area contributed by atoms with E-state index in [1.165, 1.54) is 4.90 Å². The second-order valence-electron chi connectivity index (χ2n) is 4.62. The summed E-state index contributed by atoms with van der Waals surface area (Å²) in [5.74, 6) is 0.427. The van der Waals surface area contributed by atoms with Gasteiger partial charge in [-0.3, -0.25) is 9.69 Å². The topological polar surface area (TPSA) is 45.5 Å². The molecule has 1 amide bonds. The van der Waals surface area contributed by atoms with Gasteiger partial charge in [0.15, 0.2) is 5.11 Å². The van der Waals surface area contributed by atoms with Crippen molar-refractivity contribution >= 4 is 52.5 Å². The normalized spacial score (nSPS) is 16.5. The molecule has 1 aromatic heterocycles. The van der Waals surface area contributed by atoms with Gasteiger partial charge in [-0.1, -0.05) is 29.3 Å². The number of nitrogens with one attached hydrogen (secondary N) is 1. The Bertz CT molecular complexity index is 772. The molecule has 1 aliphatic rings. The third-order valence-corrected chi connectivity index (χ3v) is 4.00. The van der Waals surface area contributed by atoms with Gasteiger partial charge >= 0.3 is 0 Å². The molecule has 2 aromatic rings. The maximum Gasteiger partial charge on any atom is 0.276 e. The molecule has 7 heteroatoms. The highest BCUT2D eigenvalue weighted by atomic mass is 35.5. The lowest BCUT2D eigenvalue weighted by Gasteiger charge is -2.11. The first kappa shape index (κ1) is 15.1. The number of nitrogens with zero attached hydrogens (tertiary/aromatic N) is 1. The van der Waals surface area contributed by atoms with Crippen LogP contribution >= 0.6 is 35.4 Å². The summed E-state index contributed by atoms with van der Waals surface area (Å²) < 4.78 is 5.24. The molecule has 0 atom stereocenters. The lowest BCUT2D eigenvalue weighted by atomic mass is 10.2. The molecule has 1 saturated heterocycles. The molecule has 0 spiro atoms. The van der Waals surface area contributed by atoms with E-state index in [0.29, 0.717) is 32.2 Å². The van der Waals surface area contributed by atoms with Gasteiger partial charge in [-0.25, -0.2) is 0 Å². The number of furan rings is 1. The predicted molar refractivity (Wildman–Crippen MR) is 89.4 cm³/mol. The molecule has 0 aliphatic carbocycles. The van der Waals surface area contributed by atoms with Crippen LogP contribution in [0.15, 0.2) is 46.7 Å². The van der Waals surface area contributed by atoms with Crippen molar-refractivity contribution in [2.45, 2.75) is 6.54 Å². The van der Waals surface area contributed by atoms with Crippen molar-refractivity contribution < 1.29 is 9.21 Å². The third-order valence-electron chi connectivity index (χ3n) is 3.12. The molecule has 2 heterocycles. The van der Waals surface area contributed by atoms with E-state index in [1.807, 2.05) is 0 Å². The van der Waals surface area contributed by atoms with E-state index in [0.717, 1.165) is 0 Å². The molecule has 1 fully saturated rings. The zero-order valence-corrected chi connectivity index (χ0v) is 13.5. The number of rotatable bonds is 3. The number of carbonyl (C=O) groups is 1. The summed E-state index contributed by atoms with van der Waals surface area (Å²) in [5.41, 5.74) is 1.05. The first-order chi connectivity index (χ1) is 10.5. The Morgan fingerprint density at radius 1 is 1.32 bits per heavy atom. The van der Waals surface area contributed by atoms with Crippen LogP contribution in [0.5, 0.6) is 0 Å². The molecular weight excluding hydrogens is 343 g/mol. The largest absolute Gasteiger partial charge is 0.467 e. The monoisotopic (exact) mass is 352 g/mol. The third kappa shape index (κ3) is 3.02. The summed E-state index contributed by atoms with van der Waals surface area (Å²) in [6.07, 6.45) is 3.20. The van der Waals surface area contributed by atoms with E-state index in [2.05, 4.69) is 5.32 Å². The summed E-state index contributed by atoms with van der Waals surface area (Å²) in [5, 5.41) is 4.22. The quantitative estimate of drug-likeness (QED) is 0.673. The summed E-state index contributed by atoms with van der Waals surface area (Å²) in [7, 11) is 0. The van der Waals surface area contributed by atoms with Gasteiger partial charge < -0.3 is 9.73 Å². The molecule has 0 radical (unpaired) electrons. The minimum absolute atomic E-state index is 0.229. The second kappa shape index (κ2) is 6.12. The van der Waals surface area contributed by atoms with Gasteiger partial charge in [-0.05, 0) is 48.1 Å². The summed E-state index contributed by atoms with van der Waals surface area (Å²) in [4.78, 5) is 13.9. The maximum atomic E-state index is 12.4. The van der Waals surface area contributed by atoms with Crippen LogP contribution in [0.25, 0.3) is 6.08 Å². The van der Waals surface area contributed by atoms with Gasteiger partial charge in [0.2, 0.25) is 0 Å². The summed E-state index contributed by atoms with van der Waals surface area (Å²) in [6.45, 7) is 0.281. The van der Waals surface area contributed by atoms with Gasteiger partial charge in [0, 0.05) is 10.0 Å². The van der Waals surface area contributed by atoms with Crippen LogP contribution in [-0.2, 0) is 11.3 Å². The molecule has 3 rings (SSSR count). The SMILES string of the molecule is O=C1/C(=C\c2ccc(Cl)cc2Cl)NC(=S)N1Cc1ccco1. The highest BCUT2D eigenvalue weighted by Gasteiger charge is 2.31. The van der Waals surface area contributed by atoms with Crippen molar-refractivity contribution in [2.24, 2.45) is 0 Å². The molecule has 22 heavy (non-hydrogen) atoms. The number of hydrogen-bond donors (Lipinski definition) is 1. The standard InChI is InChI=1S/C15H10Cl2N2O2S/c16-10-4-3-9(12(17)7-10)6-13-14(20)19(15(22)18-13)8-11-2-1-5-21-11/h1-7H,8H2,(H,18,22)/b13-6+. The van der Waals surface area contributed by atoms with Crippen molar-refractivity contribution in [3.05, 3.63) is 63.7 Å². The lowest BCUT2D eigenvalue weighted by molar-refractivity contribution is -0.122. The van der Waals surface area contributed by atoms with Gasteiger partial charge in [0.1, 0.15) is 11.5 Å². The van der Waals surface area contributed by atoms with E-state index in [1.54, 1.807) is 42.7 Å². The van der Waals surface area contributed by atoms with Crippen molar-refractivity contribution in [3.8, 4) is 0 Å². The Labute approximate surface area is 142 Å². The molecule has 0 saturated carbocycles. The van der Waals surface area contributed by atoms with Crippen LogP contribution < -0.4 is 5.32 Å². The minimum Gasteiger partial charge on any atom is -0.467 e. The zero-order chi connectivity index (χ0) is 15.7. The number of thiocarbonyl (C=S) groups is 1. The molecule has 1 aromatic carbocycles. The Balaban J connectivity index is 1.85. The number of carbonyl (C=O) groups excluding carboxylic acids is 1. The maximum absolute atomic E-state index is 12.4. The predicted octanol–water partition coefficient (Wildman–Crippen LogP) is 3.84. The smallest absolute Gasteiger partial charge is 0.276 e. The van der Waals surface area contributed by atoms with E-state index < -0.39 is 0 Å². The average molecular weight is 353 g/mol. The van der Waals surface area contributed by atoms with Gasteiger partial charge in [-0.15, -0.1) is 0 Å². The Kier molecular flexibility index (Phi) is 4.20. The highest BCUT2D eigenvalue weighted by molar-refractivity contribution is 7.80. The highest BCUT2D eigenvalue weighted by Crippen LogP contribution is 2.24. The Hall–Kier alpha value is -1.82. The fourth-order valence-corrected chi connectivity index (χ4v) is 2.77. The van der Waals surface area contributed by atoms with Crippen molar-refractivity contribution in [1.29, 1.82) is 0 Å². The van der Waals surface area contributed by atoms with Gasteiger partial charge in [0.25, 0.3) is 5.91 Å². The molecule has 1 aliphatic heterocycles. The summed E-state index contributed by atoms with van der Waals surface area (Å²) in [6, 6.07) is 8.61. The van der Waals surface area contributed by atoms with Crippen LogP contribution in [0.4, 0.5) is 0 Å². The first-order valence-electron chi connectivity index (χ1n) is 6.36. The number of hydrogen-bond acceptors (Lipinski definition) is 3. The molecule has 4 nitrogen and oxygen atoms in total. The van der Waals surface area contributed by atoms with Crippen molar-refractivity contribution in [3.63, 3.8) is 0 Å². The fraction of sp³-hybridized carbons (Fsp3) is 0.0667. The number of amides is 1. The Morgan fingerprint density at radius 3 is 2.82 bits per heavy atom. The van der Waals surface area contributed by atoms with E-state index in [4.69, 9.17) is 39.8 Å². The fourth-order valence-electron chi connectivity index (χ4n) is 2.05. The van der Waals surface area contributed by atoms with Crippen LogP contribution in [0.3, 0.4) is 0 Å².